The zero-order valence-electron chi connectivity index (χ0n) is 7.33. The third-order valence-electron chi connectivity index (χ3n) is 1.46. The lowest BCUT2D eigenvalue weighted by Gasteiger charge is -2.14. The van der Waals surface area contributed by atoms with Crippen molar-refractivity contribution in [2.75, 3.05) is 6.54 Å². The minimum absolute atomic E-state index is 0.0536. The Balaban J connectivity index is 3.80. The molecule has 5 heteroatoms. The molecule has 0 fully saturated rings. The quantitative estimate of drug-likeness (QED) is 0.486. The number of primary amides is 1. The molecule has 70 valence electrons. The van der Waals surface area contributed by atoms with Crippen molar-refractivity contribution in [3.05, 3.63) is 0 Å². The van der Waals surface area contributed by atoms with E-state index in [0.29, 0.717) is 0 Å². The molecular formula is C7H15N3O2. The average molecular weight is 173 g/mol. The van der Waals surface area contributed by atoms with Crippen LogP contribution >= 0.6 is 0 Å². The molecule has 0 heterocycles. The van der Waals surface area contributed by atoms with Crippen LogP contribution in [-0.2, 0) is 9.59 Å². The molecule has 5 N–H and O–H groups in total. The van der Waals surface area contributed by atoms with Crippen LogP contribution in [0, 0.1) is 5.92 Å². The summed E-state index contributed by atoms with van der Waals surface area (Å²) in [6, 6.07) is -0.579. The molecule has 0 aromatic rings. The van der Waals surface area contributed by atoms with Crippen LogP contribution in [0.5, 0.6) is 0 Å². The fourth-order valence-corrected chi connectivity index (χ4v) is 0.595. The molecule has 0 aromatic heterocycles. The molecule has 0 radical (unpaired) electrons. The van der Waals surface area contributed by atoms with Gasteiger partial charge in [0.05, 0.1) is 12.6 Å². The Morgan fingerprint density at radius 2 is 1.92 bits per heavy atom. The molecule has 0 aliphatic heterocycles. The summed E-state index contributed by atoms with van der Waals surface area (Å²) in [5, 5.41) is 2.32. The molecule has 0 rings (SSSR count). The van der Waals surface area contributed by atoms with E-state index in [1.54, 1.807) is 0 Å². The number of rotatable bonds is 4. The van der Waals surface area contributed by atoms with E-state index >= 15 is 0 Å². The van der Waals surface area contributed by atoms with Crippen molar-refractivity contribution in [2.24, 2.45) is 17.4 Å². The van der Waals surface area contributed by atoms with E-state index in [-0.39, 0.29) is 18.4 Å². The van der Waals surface area contributed by atoms with E-state index in [9.17, 15) is 9.59 Å². The van der Waals surface area contributed by atoms with Gasteiger partial charge in [-0.2, -0.15) is 0 Å². The summed E-state index contributed by atoms with van der Waals surface area (Å²) in [6.45, 7) is 3.50. The lowest BCUT2D eigenvalue weighted by molar-refractivity contribution is -0.126. The standard InChI is InChI=1S/C7H15N3O2/c1-4(2)6(9)7(12)10-3-5(8)11/h4,6H,3,9H2,1-2H3,(H2,8,11)(H,10,12). The molecule has 0 spiro atoms. The van der Waals surface area contributed by atoms with Gasteiger partial charge in [0, 0.05) is 0 Å². The van der Waals surface area contributed by atoms with Crippen LogP contribution in [0.1, 0.15) is 13.8 Å². The van der Waals surface area contributed by atoms with Gasteiger partial charge in [0.25, 0.3) is 0 Å². The zero-order chi connectivity index (χ0) is 9.72. The highest BCUT2D eigenvalue weighted by Crippen LogP contribution is 1.96. The predicted octanol–water partition coefficient (Wildman–Crippen LogP) is -1.43. The smallest absolute Gasteiger partial charge is 0.237 e. The third-order valence-corrected chi connectivity index (χ3v) is 1.46. The van der Waals surface area contributed by atoms with Crippen molar-refractivity contribution >= 4 is 11.8 Å². The number of carbonyl (C=O) groups is 2. The van der Waals surface area contributed by atoms with Gasteiger partial charge < -0.3 is 16.8 Å². The molecule has 5 nitrogen and oxygen atoms in total. The molecule has 0 saturated carbocycles. The number of nitrogens with two attached hydrogens (primary N) is 2. The zero-order valence-corrected chi connectivity index (χ0v) is 7.33. The molecule has 0 saturated heterocycles. The molecular weight excluding hydrogens is 158 g/mol. The maximum atomic E-state index is 11.0. The highest BCUT2D eigenvalue weighted by atomic mass is 16.2. The van der Waals surface area contributed by atoms with Crippen LogP contribution < -0.4 is 16.8 Å². The molecule has 0 aliphatic rings. The van der Waals surface area contributed by atoms with Gasteiger partial charge >= 0.3 is 0 Å². The van der Waals surface area contributed by atoms with Gasteiger partial charge in [0.15, 0.2) is 0 Å². The van der Waals surface area contributed by atoms with Crippen molar-refractivity contribution in [1.29, 1.82) is 0 Å². The highest BCUT2D eigenvalue weighted by molar-refractivity contribution is 5.86. The molecule has 2 amide bonds. The summed E-state index contributed by atoms with van der Waals surface area (Å²) >= 11 is 0. The predicted molar refractivity (Wildman–Crippen MR) is 45.0 cm³/mol. The second-order valence-corrected chi connectivity index (χ2v) is 2.95. The maximum Gasteiger partial charge on any atom is 0.237 e. The molecule has 0 bridgehead atoms. The minimum Gasteiger partial charge on any atom is -0.368 e. The number of carbonyl (C=O) groups excluding carboxylic acids is 2. The molecule has 1 atom stereocenters. The Bertz CT molecular complexity index is 179. The van der Waals surface area contributed by atoms with Gasteiger partial charge in [-0.15, -0.1) is 0 Å². The lowest BCUT2D eigenvalue weighted by Crippen LogP contribution is -2.46. The van der Waals surface area contributed by atoms with E-state index in [1.807, 2.05) is 13.8 Å². The van der Waals surface area contributed by atoms with Crippen LogP contribution in [0.3, 0.4) is 0 Å². The molecule has 0 aromatic carbocycles. The highest BCUT2D eigenvalue weighted by Gasteiger charge is 2.16. The Morgan fingerprint density at radius 1 is 1.42 bits per heavy atom. The van der Waals surface area contributed by atoms with Crippen molar-refractivity contribution < 1.29 is 9.59 Å². The number of amides is 2. The first-order valence-electron chi connectivity index (χ1n) is 3.76. The van der Waals surface area contributed by atoms with Gasteiger partial charge in [-0.05, 0) is 5.92 Å². The SMILES string of the molecule is CC(C)C(N)C(=O)NCC(N)=O. The fourth-order valence-electron chi connectivity index (χ4n) is 0.595. The van der Waals surface area contributed by atoms with Crippen LogP contribution in [0.25, 0.3) is 0 Å². The first kappa shape index (κ1) is 10.9. The lowest BCUT2D eigenvalue weighted by atomic mass is 10.1. The Kier molecular flexibility index (Phi) is 4.28. The largest absolute Gasteiger partial charge is 0.368 e. The summed E-state index contributed by atoms with van der Waals surface area (Å²) in [6.07, 6.45) is 0. The van der Waals surface area contributed by atoms with Gasteiger partial charge in [-0.3, -0.25) is 9.59 Å². The van der Waals surface area contributed by atoms with Gasteiger partial charge in [-0.1, -0.05) is 13.8 Å². The number of hydrogen-bond acceptors (Lipinski definition) is 3. The first-order valence-corrected chi connectivity index (χ1v) is 3.76. The van der Waals surface area contributed by atoms with Crippen LogP contribution in [0.4, 0.5) is 0 Å². The van der Waals surface area contributed by atoms with Crippen molar-refractivity contribution in [1.82, 2.24) is 5.32 Å². The van der Waals surface area contributed by atoms with Crippen molar-refractivity contribution in [3.8, 4) is 0 Å². The summed E-state index contributed by atoms with van der Waals surface area (Å²) in [4.78, 5) is 21.3. The Hall–Kier alpha value is -1.10. The van der Waals surface area contributed by atoms with Crippen molar-refractivity contribution in [2.45, 2.75) is 19.9 Å². The summed E-state index contributed by atoms with van der Waals surface area (Å²) in [5.74, 6) is -0.860. The van der Waals surface area contributed by atoms with E-state index in [4.69, 9.17) is 11.5 Å². The topological polar surface area (TPSA) is 98.2 Å². The number of nitrogens with one attached hydrogen (secondary N) is 1. The van der Waals surface area contributed by atoms with Crippen molar-refractivity contribution in [3.63, 3.8) is 0 Å². The normalized spacial score (nSPS) is 12.7. The summed E-state index contributed by atoms with van der Waals surface area (Å²) < 4.78 is 0. The first-order chi connectivity index (χ1) is 5.45. The van der Waals surface area contributed by atoms with E-state index < -0.39 is 11.9 Å². The summed E-state index contributed by atoms with van der Waals surface area (Å²) in [7, 11) is 0. The molecule has 1 unspecified atom stereocenters. The van der Waals surface area contributed by atoms with E-state index in [1.165, 1.54) is 0 Å². The van der Waals surface area contributed by atoms with Gasteiger partial charge in [0.2, 0.25) is 11.8 Å². The monoisotopic (exact) mass is 173 g/mol. The maximum absolute atomic E-state index is 11.0. The van der Waals surface area contributed by atoms with Crippen LogP contribution in [0.15, 0.2) is 0 Å². The van der Waals surface area contributed by atoms with Gasteiger partial charge in [0.1, 0.15) is 0 Å². The molecule has 0 aliphatic carbocycles. The van der Waals surface area contributed by atoms with Gasteiger partial charge in [-0.25, -0.2) is 0 Å². The second-order valence-electron chi connectivity index (χ2n) is 2.95. The average Bonchev–Trinajstić information content (AvgIpc) is 1.98. The van der Waals surface area contributed by atoms with E-state index in [0.717, 1.165) is 0 Å². The molecule has 12 heavy (non-hydrogen) atoms. The Labute approximate surface area is 71.5 Å². The van der Waals surface area contributed by atoms with Crippen LogP contribution in [0.2, 0.25) is 0 Å². The van der Waals surface area contributed by atoms with E-state index in [2.05, 4.69) is 5.32 Å². The van der Waals surface area contributed by atoms with Crippen LogP contribution in [-0.4, -0.2) is 24.4 Å². The summed E-state index contributed by atoms with van der Waals surface area (Å²) in [5.41, 5.74) is 10.3. The number of hydrogen-bond donors (Lipinski definition) is 3. The minimum atomic E-state index is -0.579. The second kappa shape index (κ2) is 4.71. The Morgan fingerprint density at radius 3 is 2.25 bits per heavy atom. The third kappa shape index (κ3) is 3.92. The fraction of sp³-hybridized carbons (Fsp3) is 0.714.